The first-order valence-corrected chi connectivity index (χ1v) is 4.22. The van der Waals surface area contributed by atoms with E-state index in [9.17, 15) is 14.7 Å². The largest absolute Gasteiger partial charge is 0.481 e. The highest BCUT2D eigenvalue weighted by Gasteiger charge is 2.35. The number of carbonyl (C=O) groups excluding carboxylic acids is 1. The molecule has 0 aromatic rings. The Labute approximate surface area is 75.5 Å². The van der Waals surface area contributed by atoms with Crippen molar-refractivity contribution in [3.63, 3.8) is 0 Å². The SMILES string of the molecule is NC(=O)C1CCC(C(=O)O)CC1O. The Morgan fingerprint density at radius 3 is 2.31 bits per heavy atom. The Morgan fingerprint density at radius 2 is 1.92 bits per heavy atom. The van der Waals surface area contributed by atoms with Crippen LogP contribution in [0.2, 0.25) is 0 Å². The van der Waals surface area contributed by atoms with Crippen LogP contribution in [0, 0.1) is 11.8 Å². The van der Waals surface area contributed by atoms with Crippen LogP contribution in [0.5, 0.6) is 0 Å². The number of hydrogen-bond donors (Lipinski definition) is 3. The summed E-state index contributed by atoms with van der Waals surface area (Å²) in [6.07, 6.45) is 0.0171. The van der Waals surface area contributed by atoms with E-state index in [1.807, 2.05) is 0 Å². The number of rotatable bonds is 2. The Morgan fingerprint density at radius 1 is 1.31 bits per heavy atom. The van der Waals surface area contributed by atoms with Crippen molar-refractivity contribution in [2.75, 3.05) is 0 Å². The molecule has 1 rings (SSSR count). The summed E-state index contributed by atoms with van der Waals surface area (Å²) >= 11 is 0. The van der Waals surface area contributed by atoms with E-state index in [2.05, 4.69) is 0 Å². The molecule has 0 radical (unpaired) electrons. The molecule has 3 atom stereocenters. The zero-order chi connectivity index (χ0) is 10.0. The summed E-state index contributed by atoms with van der Waals surface area (Å²) in [5, 5.41) is 18.0. The highest BCUT2D eigenvalue weighted by atomic mass is 16.4. The first-order chi connectivity index (χ1) is 6.02. The van der Waals surface area contributed by atoms with Crippen molar-refractivity contribution in [3.05, 3.63) is 0 Å². The summed E-state index contributed by atoms with van der Waals surface area (Å²) in [5.74, 6) is -2.57. The molecule has 3 unspecified atom stereocenters. The van der Waals surface area contributed by atoms with Crippen LogP contribution in [0.25, 0.3) is 0 Å². The first kappa shape index (κ1) is 9.98. The number of aliphatic hydroxyl groups excluding tert-OH is 1. The van der Waals surface area contributed by atoms with E-state index >= 15 is 0 Å². The molecular formula is C8H13NO4. The lowest BCUT2D eigenvalue weighted by Crippen LogP contribution is -2.40. The van der Waals surface area contributed by atoms with Gasteiger partial charge in [0.15, 0.2) is 0 Å². The maximum atomic E-state index is 10.8. The predicted octanol–water partition coefficient (Wildman–Crippen LogP) is -0.667. The molecular weight excluding hydrogens is 174 g/mol. The Kier molecular flexibility index (Phi) is 2.87. The standard InChI is InChI=1S/C8H13NO4/c9-7(11)5-2-1-4(8(12)13)3-6(5)10/h4-6,10H,1-3H2,(H2,9,11)(H,12,13). The summed E-state index contributed by atoms with van der Waals surface area (Å²) in [7, 11) is 0. The maximum Gasteiger partial charge on any atom is 0.306 e. The lowest BCUT2D eigenvalue weighted by molar-refractivity contribution is -0.147. The van der Waals surface area contributed by atoms with E-state index in [1.54, 1.807) is 0 Å². The van der Waals surface area contributed by atoms with Crippen molar-refractivity contribution in [2.45, 2.75) is 25.4 Å². The summed E-state index contributed by atoms with van der Waals surface area (Å²) in [4.78, 5) is 21.3. The molecule has 5 heteroatoms. The van der Waals surface area contributed by atoms with Crippen LogP contribution in [0.1, 0.15) is 19.3 Å². The summed E-state index contributed by atoms with van der Waals surface area (Å²) < 4.78 is 0. The number of aliphatic hydroxyl groups is 1. The molecule has 0 saturated heterocycles. The van der Waals surface area contributed by atoms with E-state index in [4.69, 9.17) is 10.8 Å². The predicted molar refractivity (Wildman–Crippen MR) is 43.7 cm³/mol. The number of carboxylic acid groups (broad SMARTS) is 1. The molecule has 74 valence electrons. The summed E-state index contributed by atoms with van der Waals surface area (Å²) in [6.45, 7) is 0. The molecule has 1 fully saturated rings. The maximum absolute atomic E-state index is 10.8. The van der Waals surface area contributed by atoms with Gasteiger partial charge in [-0.2, -0.15) is 0 Å². The van der Waals surface area contributed by atoms with Crippen LogP contribution in [0.3, 0.4) is 0 Å². The molecule has 0 aliphatic heterocycles. The van der Waals surface area contributed by atoms with E-state index in [-0.39, 0.29) is 6.42 Å². The molecule has 1 saturated carbocycles. The monoisotopic (exact) mass is 187 g/mol. The number of amides is 1. The van der Waals surface area contributed by atoms with Crippen LogP contribution in [0.4, 0.5) is 0 Å². The van der Waals surface area contributed by atoms with Gasteiger partial charge >= 0.3 is 5.97 Å². The number of aliphatic carboxylic acids is 1. The molecule has 0 aromatic carbocycles. The minimum Gasteiger partial charge on any atom is -0.481 e. The average Bonchev–Trinajstić information content (AvgIpc) is 2.03. The molecule has 1 amide bonds. The van der Waals surface area contributed by atoms with Gasteiger partial charge in [-0.1, -0.05) is 0 Å². The molecule has 1 aliphatic carbocycles. The van der Waals surface area contributed by atoms with E-state index < -0.39 is 29.8 Å². The number of hydrogen-bond acceptors (Lipinski definition) is 3. The summed E-state index contributed by atoms with van der Waals surface area (Å²) in [6, 6.07) is 0. The van der Waals surface area contributed by atoms with E-state index in [0.717, 1.165) is 0 Å². The number of carbonyl (C=O) groups is 2. The van der Waals surface area contributed by atoms with Crippen LogP contribution in [0.15, 0.2) is 0 Å². The summed E-state index contributed by atoms with van der Waals surface area (Å²) in [5.41, 5.74) is 5.03. The zero-order valence-electron chi connectivity index (χ0n) is 7.14. The van der Waals surface area contributed by atoms with Crippen molar-refractivity contribution < 1.29 is 19.8 Å². The lowest BCUT2D eigenvalue weighted by atomic mass is 9.79. The van der Waals surface area contributed by atoms with Gasteiger partial charge in [0.25, 0.3) is 0 Å². The van der Waals surface area contributed by atoms with E-state index in [1.165, 1.54) is 0 Å². The minimum atomic E-state index is -0.915. The average molecular weight is 187 g/mol. The lowest BCUT2D eigenvalue weighted by Gasteiger charge is -2.28. The number of primary amides is 1. The van der Waals surface area contributed by atoms with Crippen LogP contribution in [-0.2, 0) is 9.59 Å². The first-order valence-electron chi connectivity index (χ1n) is 4.22. The highest BCUT2D eigenvalue weighted by molar-refractivity contribution is 5.78. The zero-order valence-corrected chi connectivity index (χ0v) is 7.14. The molecule has 0 heterocycles. The van der Waals surface area contributed by atoms with Crippen LogP contribution >= 0.6 is 0 Å². The van der Waals surface area contributed by atoms with Gasteiger partial charge in [-0.25, -0.2) is 0 Å². The Balaban J connectivity index is 2.56. The third kappa shape index (κ3) is 2.18. The third-order valence-electron chi connectivity index (χ3n) is 2.53. The molecule has 5 nitrogen and oxygen atoms in total. The number of carboxylic acids is 1. The van der Waals surface area contributed by atoms with Crippen LogP contribution < -0.4 is 5.73 Å². The fourth-order valence-corrected chi connectivity index (χ4v) is 1.70. The second kappa shape index (κ2) is 3.74. The van der Waals surface area contributed by atoms with Gasteiger partial charge in [-0.05, 0) is 19.3 Å². The van der Waals surface area contributed by atoms with Gasteiger partial charge in [-0.3, -0.25) is 9.59 Å². The van der Waals surface area contributed by atoms with Gasteiger partial charge in [0, 0.05) is 0 Å². The smallest absolute Gasteiger partial charge is 0.306 e. The highest BCUT2D eigenvalue weighted by Crippen LogP contribution is 2.28. The minimum absolute atomic E-state index is 0.128. The molecule has 1 aliphatic rings. The van der Waals surface area contributed by atoms with E-state index in [0.29, 0.717) is 12.8 Å². The van der Waals surface area contributed by atoms with Crippen molar-refractivity contribution in [3.8, 4) is 0 Å². The quantitative estimate of drug-likeness (QED) is 0.533. The second-order valence-electron chi connectivity index (χ2n) is 3.42. The normalized spacial score (nSPS) is 34.1. The van der Waals surface area contributed by atoms with Crippen LogP contribution in [-0.4, -0.2) is 28.2 Å². The Hall–Kier alpha value is -1.10. The molecule has 0 aromatic heterocycles. The molecule has 0 spiro atoms. The second-order valence-corrected chi connectivity index (χ2v) is 3.42. The molecule has 4 N–H and O–H groups in total. The molecule has 13 heavy (non-hydrogen) atoms. The fourth-order valence-electron chi connectivity index (χ4n) is 1.70. The topological polar surface area (TPSA) is 101 Å². The van der Waals surface area contributed by atoms with Gasteiger partial charge in [0.2, 0.25) is 5.91 Å². The van der Waals surface area contributed by atoms with Gasteiger partial charge in [-0.15, -0.1) is 0 Å². The fraction of sp³-hybridized carbons (Fsp3) is 0.750. The Bertz CT molecular complexity index is 228. The van der Waals surface area contributed by atoms with Crippen molar-refractivity contribution in [1.29, 1.82) is 0 Å². The van der Waals surface area contributed by atoms with Crippen molar-refractivity contribution >= 4 is 11.9 Å². The van der Waals surface area contributed by atoms with Crippen molar-refractivity contribution in [2.24, 2.45) is 17.6 Å². The van der Waals surface area contributed by atoms with Gasteiger partial charge in [0.1, 0.15) is 0 Å². The third-order valence-corrected chi connectivity index (χ3v) is 2.53. The van der Waals surface area contributed by atoms with Gasteiger partial charge in [0.05, 0.1) is 17.9 Å². The van der Waals surface area contributed by atoms with Crippen molar-refractivity contribution in [1.82, 2.24) is 0 Å². The number of nitrogens with two attached hydrogens (primary N) is 1. The molecule has 0 bridgehead atoms. The van der Waals surface area contributed by atoms with Gasteiger partial charge < -0.3 is 15.9 Å².